The molecular formula is C16H25NO3S2. The van der Waals surface area contributed by atoms with Crippen LogP contribution in [0, 0.1) is 0 Å². The maximum Gasteiger partial charge on any atom is 0.325 e. The van der Waals surface area contributed by atoms with Crippen molar-refractivity contribution in [1.82, 2.24) is 5.48 Å². The molecule has 0 aliphatic rings. The molecule has 6 heteroatoms. The van der Waals surface area contributed by atoms with Crippen molar-refractivity contribution in [1.29, 1.82) is 0 Å². The van der Waals surface area contributed by atoms with Crippen LogP contribution >= 0.6 is 21.6 Å². The average molecular weight is 344 g/mol. The van der Waals surface area contributed by atoms with E-state index in [4.69, 9.17) is 9.57 Å². The molecule has 0 radical (unpaired) electrons. The van der Waals surface area contributed by atoms with Crippen LogP contribution in [0.4, 0.5) is 0 Å². The molecule has 22 heavy (non-hydrogen) atoms. The number of methoxy groups -OCH3 is 1. The topological polar surface area (TPSA) is 47.6 Å². The summed E-state index contributed by atoms with van der Waals surface area (Å²) in [5.41, 5.74) is 3.88. The Bertz CT molecular complexity index is 435. The standard InChI is InChI=1S/C16H25NO3S2/c1-16(2,3)22-21-11-10-20-17-14(15(18)19-4)12-13-8-6-5-7-9-13/h5-9,14,17H,10-12H2,1-4H3/t14-/m0/s1. The van der Waals surface area contributed by atoms with Crippen molar-refractivity contribution in [3.05, 3.63) is 35.9 Å². The zero-order valence-corrected chi connectivity index (χ0v) is 15.3. The van der Waals surface area contributed by atoms with Crippen LogP contribution in [0.15, 0.2) is 30.3 Å². The summed E-state index contributed by atoms with van der Waals surface area (Å²) in [7, 11) is 4.98. The maximum absolute atomic E-state index is 11.8. The summed E-state index contributed by atoms with van der Waals surface area (Å²) < 4.78 is 5.05. The zero-order chi connectivity index (χ0) is 16.4. The van der Waals surface area contributed by atoms with Crippen molar-refractivity contribution in [2.24, 2.45) is 0 Å². The van der Waals surface area contributed by atoms with Gasteiger partial charge < -0.3 is 9.57 Å². The van der Waals surface area contributed by atoms with E-state index in [1.54, 1.807) is 10.8 Å². The first kappa shape index (κ1) is 19.4. The Hall–Kier alpha value is -0.690. The number of carbonyl (C=O) groups excluding carboxylic acids is 1. The zero-order valence-electron chi connectivity index (χ0n) is 13.6. The lowest BCUT2D eigenvalue weighted by atomic mass is 10.1. The van der Waals surface area contributed by atoms with Crippen molar-refractivity contribution in [2.45, 2.75) is 38.0 Å². The molecule has 4 nitrogen and oxygen atoms in total. The second-order valence-electron chi connectivity index (χ2n) is 5.75. The molecule has 1 rings (SSSR count). The molecule has 0 amide bonds. The summed E-state index contributed by atoms with van der Waals surface area (Å²) in [6, 6.07) is 9.31. The summed E-state index contributed by atoms with van der Waals surface area (Å²) >= 11 is 0. The third-order valence-corrected chi connectivity index (χ3v) is 5.88. The predicted molar refractivity (Wildman–Crippen MR) is 94.8 cm³/mol. The molecule has 1 aromatic carbocycles. The fraction of sp³-hybridized carbons (Fsp3) is 0.562. The maximum atomic E-state index is 11.8. The van der Waals surface area contributed by atoms with Gasteiger partial charge in [0.05, 0.1) is 13.7 Å². The molecule has 124 valence electrons. The first-order valence-electron chi connectivity index (χ1n) is 7.22. The van der Waals surface area contributed by atoms with Crippen molar-refractivity contribution in [2.75, 3.05) is 19.5 Å². The van der Waals surface area contributed by atoms with Gasteiger partial charge in [0.2, 0.25) is 0 Å². The SMILES string of the molecule is COC(=O)[C@H](Cc1ccccc1)NOCCSSC(C)(C)C. The molecule has 0 saturated heterocycles. The second kappa shape index (κ2) is 10.2. The number of ether oxygens (including phenoxy) is 1. The molecule has 0 heterocycles. The van der Waals surface area contributed by atoms with E-state index in [0.717, 1.165) is 11.3 Å². The van der Waals surface area contributed by atoms with E-state index in [1.165, 1.54) is 7.11 Å². The highest BCUT2D eigenvalue weighted by Gasteiger charge is 2.19. The number of nitrogens with one attached hydrogen (secondary N) is 1. The van der Waals surface area contributed by atoms with Gasteiger partial charge >= 0.3 is 5.97 Å². The van der Waals surface area contributed by atoms with Crippen LogP contribution in [0.1, 0.15) is 26.3 Å². The van der Waals surface area contributed by atoms with E-state index in [1.807, 2.05) is 41.1 Å². The van der Waals surface area contributed by atoms with Crippen LogP contribution in [0.5, 0.6) is 0 Å². The highest BCUT2D eigenvalue weighted by molar-refractivity contribution is 8.77. The fourth-order valence-corrected chi connectivity index (χ4v) is 3.72. The first-order chi connectivity index (χ1) is 10.4. The third-order valence-electron chi connectivity index (χ3n) is 2.57. The molecule has 1 atom stereocenters. The second-order valence-corrected chi connectivity index (χ2v) is 8.99. The number of rotatable bonds is 9. The lowest BCUT2D eigenvalue weighted by molar-refractivity contribution is -0.147. The van der Waals surface area contributed by atoms with Crippen molar-refractivity contribution >= 4 is 27.6 Å². The number of esters is 1. The van der Waals surface area contributed by atoms with E-state index in [-0.39, 0.29) is 10.7 Å². The van der Waals surface area contributed by atoms with E-state index < -0.39 is 6.04 Å². The van der Waals surface area contributed by atoms with Crippen molar-refractivity contribution in [3.8, 4) is 0 Å². The fourth-order valence-electron chi connectivity index (χ4n) is 1.62. The average Bonchev–Trinajstić information content (AvgIpc) is 2.48. The Morgan fingerprint density at radius 1 is 1.27 bits per heavy atom. The normalized spacial score (nSPS) is 12.9. The van der Waals surface area contributed by atoms with Gasteiger partial charge in [-0.1, -0.05) is 72.7 Å². The summed E-state index contributed by atoms with van der Waals surface area (Å²) in [5.74, 6) is 0.536. The number of hydrogen-bond donors (Lipinski definition) is 1. The number of carbonyl (C=O) groups is 1. The van der Waals surface area contributed by atoms with E-state index >= 15 is 0 Å². The largest absolute Gasteiger partial charge is 0.468 e. The molecule has 0 saturated carbocycles. The van der Waals surface area contributed by atoms with Gasteiger partial charge in [-0.25, -0.2) is 0 Å². The highest BCUT2D eigenvalue weighted by Crippen LogP contribution is 2.34. The molecule has 1 aromatic rings. The van der Waals surface area contributed by atoms with Gasteiger partial charge in [0, 0.05) is 16.9 Å². The quantitative estimate of drug-likeness (QED) is 0.321. The van der Waals surface area contributed by atoms with E-state index in [9.17, 15) is 4.79 Å². The molecule has 0 aliphatic carbocycles. The van der Waals surface area contributed by atoms with Crippen LogP contribution in [0.25, 0.3) is 0 Å². The number of hydroxylamine groups is 1. The van der Waals surface area contributed by atoms with Gasteiger partial charge in [-0.3, -0.25) is 4.79 Å². The smallest absolute Gasteiger partial charge is 0.325 e. The summed E-state index contributed by atoms with van der Waals surface area (Å²) in [6.45, 7) is 7.07. The Morgan fingerprint density at radius 3 is 2.55 bits per heavy atom. The molecule has 0 aromatic heterocycles. The van der Waals surface area contributed by atoms with Gasteiger partial charge in [0.15, 0.2) is 0 Å². The summed E-state index contributed by atoms with van der Waals surface area (Å²) in [4.78, 5) is 17.2. The minimum Gasteiger partial charge on any atom is -0.468 e. The van der Waals surface area contributed by atoms with Gasteiger partial charge in [-0.15, -0.1) is 0 Å². The van der Waals surface area contributed by atoms with Gasteiger partial charge in [0.25, 0.3) is 0 Å². The molecule has 1 N–H and O–H groups in total. The van der Waals surface area contributed by atoms with Gasteiger partial charge in [-0.05, 0) is 5.56 Å². The van der Waals surface area contributed by atoms with E-state index in [2.05, 4.69) is 26.3 Å². The summed E-state index contributed by atoms with van der Waals surface area (Å²) in [5, 5.41) is 0. The molecule has 0 unspecified atom stereocenters. The van der Waals surface area contributed by atoms with Crippen LogP contribution in [-0.2, 0) is 20.8 Å². The highest BCUT2D eigenvalue weighted by atomic mass is 33.1. The molecule has 0 spiro atoms. The van der Waals surface area contributed by atoms with Crippen molar-refractivity contribution in [3.63, 3.8) is 0 Å². The Balaban J connectivity index is 2.32. The Morgan fingerprint density at radius 2 is 1.95 bits per heavy atom. The minimum absolute atomic E-state index is 0.236. The molecule has 0 bridgehead atoms. The lowest BCUT2D eigenvalue weighted by Crippen LogP contribution is -2.39. The Kier molecular flexibility index (Phi) is 8.93. The van der Waals surface area contributed by atoms with Crippen molar-refractivity contribution < 1.29 is 14.4 Å². The monoisotopic (exact) mass is 343 g/mol. The van der Waals surface area contributed by atoms with Crippen LogP contribution in [-0.4, -0.2) is 36.2 Å². The molecule has 0 fully saturated rings. The van der Waals surface area contributed by atoms with Crippen LogP contribution in [0.3, 0.4) is 0 Å². The molecule has 0 aliphatic heterocycles. The minimum atomic E-state index is -0.493. The predicted octanol–water partition coefficient (Wildman–Crippen LogP) is 3.47. The van der Waals surface area contributed by atoms with E-state index in [0.29, 0.717) is 13.0 Å². The number of hydrogen-bond acceptors (Lipinski definition) is 6. The van der Waals surface area contributed by atoms with Crippen LogP contribution < -0.4 is 5.48 Å². The van der Waals surface area contributed by atoms with Crippen LogP contribution in [0.2, 0.25) is 0 Å². The lowest BCUT2D eigenvalue weighted by Gasteiger charge is -2.18. The van der Waals surface area contributed by atoms with Gasteiger partial charge in [-0.2, -0.15) is 5.48 Å². The van der Waals surface area contributed by atoms with Gasteiger partial charge in [0.1, 0.15) is 6.04 Å². The Labute approximate surface area is 141 Å². The summed E-state index contributed by atoms with van der Waals surface area (Å²) in [6.07, 6.45) is 0.539. The molecular weight excluding hydrogens is 318 g/mol. The first-order valence-corrected chi connectivity index (χ1v) is 9.54. The number of benzene rings is 1. The third kappa shape index (κ3) is 8.68.